The molecule has 1 aliphatic heterocycles. The Morgan fingerprint density at radius 3 is 3.00 bits per heavy atom. The zero-order valence-corrected chi connectivity index (χ0v) is 13.1. The topological polar surface area (TPSA) is 29.9 Å². The van der Waals surface area contributed by atoms with Crippen molar-refractivity contribution in [3.63, 3.8) is 0 Å². The van der Waals surface area contributed by atoms with E-state index in [1.165, 1.54) is 12.1 Å². The molecule has 1 unspecified atom stereocenters. The van der Waals surface area contributed by atoms with Crippen molar-refractivity contribution in [1.29, 1.82) is 0 Å². The van der Waals surface area contributed by atoms with Crippen LogP contribution >= 0.6 is 27.5 Å². The molecule has 0 saturated carbocycles. The molecule has 2 heterocycles. The second kappa shape index (κ2) is 5.84. The van der Waals surface area contributed by atoms with Crippen molar-refractivity contribution in [2.75, 3.05) is 13.1 Å². The van der Waals surface area contributed by atoms with Gasteiger partial charge in [-0.3, -0.25) is 0 Å². The van der Waals surface area contributed by atoms with Crippen LogP contribution in [-0.2, 0) is 0 Å². The smallest absolute Gasteiger partial charge is 0.125 e. The summed E-state index contributed by atoms with van der Waals surface area (Å²) in [6.07, 6.45) is 5.86. The van der Waals surface area contributed by atoms with Crippen LogP contribution in [0.1, 0.15) is 24.5 Å². The third-order valence-electron chi connectivity index (χ3n) is 3.60. The first kappa shape index (κ1) is 14.0. The highest BCUT2D eigenvalue weighted by Crippen LogP contribution is 2.33. The quantitative estimate of drug-likeness (QED) is 0.882. The van der Waals surface area contributed by atoms with E-state index in [1.807, 2.05) is 10.8 Å². The maximum absolute atomic E-state index is 13.4. The molecule has 0 spiro atoms. The lowest BCUT2D eigenvalue weighted by Gasteiger charge is -2.24. The van der Waals surface area contributed by atoms with Gasteiger partial charge < -0.3 is 9.88 Å². The number of imidazole rings is 1. The number of hydrogen-bond donors (Lipinski definition) is 1. The molecule has 3 rings (SSSR count). The van der Waals surface area contributed by atoms with Gasteiger partial charge in [0.2, 0.25) is 0 Å². The van der Waals surface area contributed by atoms with Crippen molar-refractivity contribution in [3.8, 4) is 5.69 Å². The van der Waals surface area contributed by atoms with E-state index in [2.05, 4.69) is 26.2 Å². The summed E-state index contributed by atoms with van der Waals surface area (Å²) in [5, 5.41) is 3.77. The van der Waals surface area contributed by atoms with Gasteiger partial charge in [-0.15, -0.1) is 0 Å². The van der Waals surface area contributed by atoms with Gasteiger partial charge in [0.15, 0.2) is 0 Å². The average Bonchev–Trinajstić information content (AvgIpc) is 2.87. The molecule has 2 aromatic rings. The monoisotopic (exact) mass is 357 g/mol. The second-order valence-corrected chi connectivity index (χ2v) is 6.21. The second-order valence-electron chi connectivity index (χ2n) is 4.95. The Kier molecular flexibility index (Phi) is 4.10. The summed E-state index contributed by atoms with van der Waals surface area (Å²) in [4.78, 5) is 4.24. The SMILES string of the molecule is Fc1cc(Cl)c(-n2cncc2C2CCCNC2)c(Br)c1. The lowest BCUT2D eigenvalue weighted by molar-refractivity contribution is 0.451. The number of piperidine rings is 1. The largest absolute Gasteiger partial charge is 0.316 e. The van der Waals surface area contributed by atoms with E-state index in [0.29, 0.717) is 15.4 Å². The van der Waals surface area contributed by atoms with E-state index < -0.39 is 0 Å². The van der Waals surface area contributed by atoms with Gasteiger partial charge in [0, 0.05) is 28.8 Å². The van der Waals surface area contributed by atoms with Crippen LogP contribution in [0.3, 0.4) is 0 Å². The summed E-state index contributed by atoms with van der Waals surface area (Å²) in [5.41, 5.74) is 1.84. The molecule has 3 nitrogen and oxygen atoms in total. The molecule has 1 aliphatic rings. The molecular formula is C14H14BrClFN3. The first-order valence-corrected chi connectivity index (χ1v) is 7.72. The van der Waals surface area contributed by atoms with E-state index in [-0.39, 0.29) is 5.82 Å². The zero-order valence-electron chi connectivity index (χ0n) is 10.7. The Morgan fingerprint density at radius 2 is 2.30 bits per heavy atom. The van der Waals surface area contributed by atoms with Gasteiger partial charge in [-0.1, -0.05) is 11.6 Å². The standard InChI is InChI=1S/C14H14BrClFN3/c15-11-4-10(17)5-12(16)14(11)20-8-19-7-13(20)9-2-1-3-18-6-9/h4-5,7-9,18H,1-3,6H2. The van der Waals surface area contributed by atoms with Crippen LogP contribution in [0.25, 0.3) is 5.69 Å². The van der Waals surface area contributed by atoms with Crippen LogP contribution in [0.15, 0.2) is 29.1 Å². The van der Waals surface area contributed by atoms with E-state index in [4.69, 9.17) is 11.6 Å². The van der Waals surface area contributed by atoms with Gasteiger partial charge >= 0.3 is 0 Å². The Balaban J connectivity index is 2.05. The fourth-order valence-corrected chi connectivity index (χ4v) is 3.70. The number of halogens is 3. The third kappa shape index (κ3) is 2.62. The lowest BCUT2D eigenvalue weighted by Crippen LogP contribution is -2.29. The minimum atomic E-state index is -0.355. The lowest BCUT2D eigenvalue weighted by atomic mass is 9.96. The normalized spacial score (nSPS) is 19.2. The van der Waals surface area contributed by atoms with Crippen LogP contribution in [0, 0.1) is 5.82 Å². The molecule has 1 aromatic heterocycles. The highest BCUT2D eigenvalue weighted by atomic mass is 79.9. The number of nitrogens with one attached hydrogen (secondary N) is 1. The Bertz CT molecular complexity index is 600. The Hall–Kier alpha value is -0.910. The van der Waals surface area contributed by atoms with Crippen molar-refractivity contribution < 1.29 is 4.39 Å². The molecule has 0 bridgehead atoms. The molecule has 1 saturated heterocycles. The van der Waals surface area contributed by atoms with Gasteiger partial charge in [-0.2, -0.15) is 0 Å². The minimum absolute atomic E-state index is 0.355. The Labute approximate surface area is 130 Å². The summed E-state index contributed by atoms with van der Waals surface area (Å²) in [6.45, 7) is 1.99. The zero-order chi connectivity index (χ0) is 14.1. The third-order valence-corrected chi connectivity index (χ3v) is 4.50. The van der Waals surface area contributed by atoms with Crippen molar-refractivity contribution in [2.24, 2.45) is 0 Å². The van der Waals surface area contributed by atoms with Gasteiger partial charge in [0.1, 0.15) is 5.82 Å². The fraction of sp³-hybridized carbons (Fsp3) is 0.357. The van der Waals surface area contributed by atoms with Crippen molar-refractivity contribution in [1.82, 2.24) is 14.9 Å². The van der Waals surface area contributed by atoms with Crippen LogP contribution in [-0.4, -0.2) is 22.6 Å². The molecule has 1 N–H and O–H groups in total. The van der Waals surface area contributed by atoms with E-state index in [1.54, 1.807) is 6.33 Å². The molecule has 1 fully saturated rings. The van der Waals surface area contributed by atoms with Gasteiger partial charge in [0.25, 0.3) is 0 Å². The molecule has 0 amide bonds. The number of benzene rings is 1. The van der Waals surface area contributed by atoms with Crippen molar-refractivity contribution >= 4 is 27.5 Å². The van der Waals surface area contributed by atoms with E-state index in [0.717, 1.165) is 37.3 Å². The summed E-state index contributed by atoms with van der Waals surface area (Å²) in [7, 11) is 0. The fourth-order valence-electron chi connectivity index (χ4n) is 2.66. The van der Waals surface area contributed by atoms with E-state index >= 15 is 0 Å². The number of aromatic nitrogens is 2. The highest BCUT2D eigenvalue weighted by molar-refractivity contribution is 9.10. The Morgan fingerprint density at radius 1 is 1.45 bits per heavy atom. The molecule has 106 valence electrons. The molecular weight excluding hydrogens is 345 g/mol. The molecule has 20 heavy (non-hydrogen) atoms. The predicted octanol–water partition coefficient (Wildman–Crippen LogP) is 3.89. The number of nitrogens with zero attached hydrogens (tertiary/aromatic N) is 2. The van der Waals surface area contributed by atoms with Crippen LogP contribution in [0.4, 0.5) is 4.39 Å². The van der Waals surface area contributed by atoms with E-state index in [9.17, 15) is 4.39 Å². The number of hydrogen-bond acceptors (Lipinski definition) is 2. The molecule has 0 aliphatic carbocycles. The molecule has 0 radical (unpaired) electrons. The summed E-state index contributed by atoms with van der Waals surface area (Å²) in [5.74, 6) is 0.0471. The van der Waals surface area contributed by atoms with Crippen LogP contribution in [0.5, 0.6) is 0 Å². The van der Waals surface area contributed by atoms with Gasteiger partial charge in [-0.25, -0.2) is 9.37 Å². The molecule has 1 atom stereocenters. The first-order valence-electron chi connectivity index (χ1n) is 6.54. The molecule has 1 aromatic carbocycles. The van der Waals surface area contributed by atoms with Crippen molar-refractivity contribution in [2.45, 2.75) is 18.8 Å². The minimum Gasteiger partial charge on any atom is -0.316 e. The summed E-state index contributed by atoms with van der Waals surface area (Å²) >= 11 is 9.59. The number of rotatable bonds is 2. The maximum atomic E-state index is 13.4. The highest BCUT2D eigenvalue weighted by Gasteiger charge is 2.21. The predicted molar refractivity (Wildman–Crippen MR) is 81.1 cm³/mol. The van der Waals surface area contributed by atoms with Gasteiger partial charge in [0.05, 0.1) is 17.0 Å². The van der Waals surface area contributed by atoms with Gasteiger partial charge in [-0.05, 0) is 47.4 Å². The first-order chi connectivity index (χ1) is 9.66. The molecule has 6 heteroatoms. The van der Waals surface area contributed by atoms with Crippen molar-refractivity contribution in [3.05, 3.63) is 45.7 Å². The maximum Gasteiger partial charge on any atom is 0.125 e. The van der Waals surface area contributed by atoms with Crippen LogP contribution < -0.4 is 5.32 Å². The average molecular weight is 359 g/mol. The summed E-state index contributed by atoms with van der Waals surface area (Å²) < 4.78 is 15.9. The summed E-state index contributed by atoms with van der Waals surface area (Å²) in [6, 6.07) is 2.74. The van der Waals surface area contributed by atoms with Crippen LogP contribution in [0.2, 0.25) is 5.02 Å².